The molecule has 5 atom stereocenters. The molecule has 4 rings (SSSR count). The van der Waals surface area contributed by atoms with Crippen molar-refractivity contribution in [2.75, 3.05) is 13.1 Å². The van der Waals surface area contributed by atoms with Crippen molar-refractivity contribution in [1.29, 1.82) is 0 Å². The molecule has 1 aromatic rings. The highest BCUT2D eigenvalue weighted by Gasteiger charge is 2.46. The summed E-state index contributed by atoms with van der Waals surface area (Å²) in [5.74, 6) is 0.802. The van der Waals surface area contributed by atoms with Crippen LogP contribution in [0, 0.1) is 23.6 Å². The smallest absolute Gasteiger partial charge is 0.221 e. The number of amides is 1. The lowest BCUT2D eigenvalue weighted by Gasteiger charge is -2.38. The van der Waals surface area contributed by atoms with Crippen LogP contribution in [0.15, 0.2) is 24.3 Å². The molecule has 0 radical (unpaired) electrons. The number of fused-ring (bicyclic) bond motifs is 1. The Bertz CT molecular complexity index is 566. The Hall–Kier alpha value is -1.54. The standard InChI is InChI=1S/C15H20FN5O/c16-9-3-1-8(2-4-9)14-11(6-17-20-14)10-5-13(22)19-15-12(10)7-18-21-15/h1-4,10-12,14-15,17-18,20-21H,5-7H2,(H,19,22). The van der Waals surface area contributed by atoms with E-state index >= 15 is 0 Å². The Balaban J connectivity index is 1.59. The molecule has 7 heteroatoms. The average molecular weight is 305 g/mol. The number of halogens is 1. The van der Waals surface area contributed by atoms with Crippen molar-refractivity contribution in [1.82, 2.24) is 27.0 Å². The fraction of sp³-hybridized carbons (Fsp3) is 0.533. The van der Waals surface area contributed by atoms with E-state index in [4.69, 9.17) is 0 Å². The largest absolute Gasteiger partial charge is 0.339 e. The minimum Gasteiger partial charge on any atom is -0.339 e. The van der Waals surface area contributed by atoms with Crippen molar-refractivity contribution >= 4 is 5.91 Å². The molecule has 0 spiro atoms. The minimum atomic E-state index is -0.229. The third-order valence-electron chi connectivity index (χ3n) is 5.11. The van der Waals surface area contributed by atoms with Crippen LogP contribution in [0.25, 0.3) is 0 Å². The number of hydrogen-bond acceptors (Lipinski definition) is 5. The highest BCUT2D eigenvalue weighted by atomic mass is 19.1. The number of hydrogen-bond donors (Lipinski definition) is 5. The van der Waals surface area contributed by atoms with Gasteiger partial charge in [-0.25, -0.2) is 15.2 Å². The molecule has 0 saturated carbocycles. The summed E-state index contributed by atoms with van der Waals surface area (Å²) >= 11 is 0. The average Bonchev–Trinajstić information content (AvgIpc) is 3.15. The van der Waals surface area contributed by atoms with Gasteiger partial charge in [-0.3, -0.25) is 15.6 Å². The normalized spacial score (nSPS) is 37.9. The van der Waals surface area contributed by atoms with Crippen LogP contribution in [0.1, 0.15) is 18.0 Å². The number of hydrazine groups is 2. The second kappa shape index (κ2) is 5.58. The van der Waals surface area contributed by atoms with Gasteiger partial charge in [0, 0.05) is 25.4 Å². The molecular formula is C15H20FN5O. The van der Waals surface area contributed by atoms with Crippen LogP contribution in [0.4, 0.5) is 4.39 Å². The van der Waals surface area contributed by atoms with Crippen LogP contribution in [0.2, 0.25) is 0 Å². The van der Waals surface area contributed by atoms with Crippen molar-refractivity contribution in [2.24, 2.45) is 17.8 Å². The van der Waals surface area contributed by atoms with Gasteiger partial charge in [-0.05, 0) is 29.5 Å². The molecule has 22 heavy (non-hydrogen) atoms. The first-order chi connectivity index (χ1) is 10.7. The Kier molecular flexibility index (Phi) is 3.57. The maximum Gasteiger partial charge on any atom is 0.221 e. The Labute approximate surface area is 128 Å². The van der Waals surface area contributed by atoms with Crippen molar-refractivity contribution in [3.05, 3.63) is 35.6 Å². The Morgan fingerprint density at radius 3 is 2.50 bits per heavy atom. The molecular weight excluding hydrogens is 285 g/mol. The van der Waals surface area contributed by atoms with Crippen LogP contribution in [-0.4, -0.2) is 25.2 Å². The maximum absolute atomic E-state index is 13.1. The zero-order chi connectivity index (χ0) is 15.1. The predicted octanol–water partition coefficient (Wildman–Crippen LogP) is -0.223. The number of benzene rings is 1. The molecule has 118 valence electrons. The van der Waals surface area contributed by atoms with Crippen LogP contribution in [-0.2, 0) is 4.79 Å². The zero-order valence-electron chi connectivity index (χ0n) is 12.1. The molecule has 0 aliphatic carbocycles. The second-order valence-corrected chi connectivity index (χ2v) is 6.32. The summed E-state index contributed by atoms with van der Waals surface area (Å²) in [5.41, 5.74) is 13.8. The first-order valence-corrected chi connectivity index (χ1v) is 7.74. The van der Waals surface area contributed by atoms with E-state index in [2.05, 4.69) is 27.0 Å². The van der Waals surface area contributed by atoms with E-state index in [0.29, 0.717) is 18.3 Å². The van der Waals surface area contributed by atoms with Crippen molar-refractivity contribution in [3.8, 4) is 0 Å². The van der Waals surface area contributed by atoms with Gasteiger partial charge in [0.1, 0.15) is 5.82 Å². The van der Waals surface area contributed by atoms with Gasteiger partial charge in [-0.1, -0.05) is 12.1 Å². The van der Waals surface area contributed by atoms with Gasteiger partial charge in [0.2, 0.25) is 5.91 Å². The highest BCUT2D eigenvalue weighted by Crippen LogP contribution is 2.39. The van der Waals surface area contributed by atoms with Gasteiger partial charge >= 0.3 is 0 Å². The maximum atomic E-state index is 13.1. The van der Waals surface area contributed by atoms with E-state index in [1.807, 2.05) is 12.1 Å². The van der Waals surface area contributed by atoms with Crippen LogP contribution < -0.4 is 27.0 Å². The Morgan fingerprint density at radius 2 is 1.68 bits per heavy atom. The van der Waals surface area contributed by atoms with Gasteiger partial charge in [-0.2, -0.15) is 0 Å². The topological polar surface area (TPSA) is 77.2 Å². The molecule has 5 N–H and O–H groups in total. The van der Waals surface area contributed by atoms with Gasteiger partial charge in [0.25, 0.3) is 0 Å². The van der Waals surface area contributed by atoms with Crippen molar-refractivity contribution in [2.45, 2.75) is 18.6 Å². The SMILES string of the molecule is O=C1CC(C2CNNC2c2ccc(F)cc2)C2CNNC2N1. The number of nitrogens with one attached hydrogen (secondary N) is 5. The lowest BCUT2D eigenvalue weighted by molar-refractivity contribution is -0.127. The summed E-state index contributed by atoms with van der Waals surface area (Å²) in [6, 6.07) is 6.71. The van der Waals surface area contributed by atoms with Crippen LogP contribution >= 0.6 is 0 Å². The van der Waals surface area contributed by atoms with Crippen LogP contribution in [0.5, 0.6) is 0 Å². The van der Waals surface area contributed by atoms with Gasteiger partial charge in [-0.15, -0.1) is 0 Å². The summed E-state index contributed by atoms with van der Waals surface area (Å²) in [4.78, 5) is 12.0. The van der Waals surface area contributed by atoms with E-state index in [1.165, 1.54) is 12.1 Å². The fourth-order valence-corrected chi connectivity index (χ4v) is 4.03. The molecule has 3 heterocycles. The minimum absolute atomic E-state index is 0.000665. The van der Waals surface area contributed by atoms with Crippen molar-refractivity contribution < 1.29 is 9.18 Å². The summed E-state index contributed by atoms with van der Waals surface area (Å²) in [6.45, 7) is 1.66. The molecule has 3 saturated heterocycles. The molecule has 0 aromatic heterocycles. The van der Waals surface area contributed by atoms with E-state index in [-0.39, 0.29) is 29.8 Å². The third kappa shape index (κ3) is 2.40. The van der Waals surface area contributed by atoms with E-state index < -0.39 is 0 Å². The summed E-state index contributed by atoms with van der Waals surface area (Å²) < 4.78 is 13.1. The quantitative estimate of drug-likeness (QED) is 0.522. The second-order valence-electron chi connectivity index (χ2n) is 6.32. The van der Waals surface area contributed by atoms with Crippen molar-refractivity contribution in [3.63, 3.8) is 0 Å². The number of carbonyl (C=O) groups is 1. The van der Waals surface area contributed by atoms with E-state index in [1.54, 1.807) is 0 Å². The first kappa shape index (κ1) is 14.1. The lowest BCUT2D eigenvalue weighted by atomic mass is 9.72. The number of piperidine rings is 1. The summed E-state index contributed by atoms with van der Waals surface area (Å²) in [6.07, 6.45) is 0.539. The summed E-state index contributed by atoms with van der Waals surface area (Å²) in [7, 11) is 0. The zero-order valence-corrected chi connectivity index (χ0v) is 12.1. The van der Waals surface area contributed by atoms with Gasteiger partial charge in [0.05, 0.1) is 12.2 Å². The molecule has 3 fully saturated rings. The fourth-order valence-electron chi connectivity index (χ4n) is 4.03. The number of carbonyl (C=O) groups excluding carboxylic acids is 1. The molecule has 5 unspecified atom stereocenters. The summed E-state index contributed by atoms with van der Waals surface area (Å²) in [5, 5.41) is 2.99. The predicted molar refractivity (Wildman–Crippen MR) is 78.4 cm³/mol. The molecule has 6 nitrogen and oxygen atoms in total. The van der Waals surface area contributed by atoms with E-state index in [9.17, 15) is 9.18 Å². The molecule has 3 aliphatic heterocycles. The first-order valence-electron chi connectivity index (χ1n) is 7.74. The van der Waals surface area contributed by atoms with Gasteiger partial charge in [0.15, 0.2) is 0 Å². The molecule has 3 aliphatic rings. The molecule has 0 bridgehead atoms. The molecule has 1 aromatic carbocycles. The monoisotopic (exact) mass is 305 g/mol. The van der Waals surface area contributed by atoms with Gasteiger partial charge < -0.3 is 5.32 Å². The highest BCUT2D eigenvalue weighted by molar-refractivity contribution is 5.77. The van der Waals surface area contributed by atoms with Crippen LogP contribution in [0.3, 0.4) is 0 Å². The third-order valence-corrected chi connectivity index (χ3v) is 5.11. The number of rotatable bonds is 2. The molecule has 1 amide bonds. The van der Waals surface area contributed by atoms with E-state index in [0.717, 1.165) is 18.7 Å². The lowest BCUT2D eigenvalue weighted by Crippen LogP contribution is -2.54. The Morgan fingerprint density at radius 1 is 0.955 bits per heavy atom.